The van der Waals surface area contributed by atoms with Crippen molar-refractivity contribution in [2.45, 2.75) is 0 Å². The molecule has 1 heterocycles. The molecule has 0 N–H and O–H groups in total. The zero-order valence-electron chi connectivity index (χ0n) is 13.4. The minimum atomic E-state index is 0.862. The van der Waals surface area contributed by atoms with Gasteiger partial charge in [-0.2, -0.15) is 0 Å². The monoisotopic (exact) mass is 311 g/mol. The van der Waals surface area contributed by atoms with E-state index in [0.717, 1.165) is 22.5 Å². The van der Waals surface area contributed by atoms with Crippen molar-refractivity contribution in [1.29, 1.82) is 0 Å². The van der Waals surface area contributed by atoms with Crippen molar-refractivity contribution in [2.24, 2.45) is 0 Å². The third-order valence-electron chi connectivity index (χ3n) is 4.19. The molecular formula is C22H17NO. The summed E-state index contributed by atoms with van der Waals surface area (Å²) < 4.78 is 5.38. The average molecular weight is 311 g/mol. The second kappa shape index (κ2) is 6.17. The number of methoxy groups -OCH3 is 1. The van der Waals surface area contributed by atoms with E-state index in [1.165, 1.54) is 16.2 Å². The first-order chi connectivity index (χ1) is 11.8. The van der Waals surface area contributed by atoms with Gasteiger partial charge in [-0.25, -0.2) is 4.98 Å². The van der Waals surface area contributed by atoms with E-state index in [9.17, 15) is 0 Å². The van der Waals surface area contributed by atoms with Gasteiger partial charge in [0, 0.05) is 10.9 Å². The van der Waals surface area contributed by atoms with Gasteiger partial charge in [0.25, 0.3) is 0 Å². The van der Waals surface area contributed by atoms with Gasteiger partial charge in [-0.1, -0.05) is 54.6 Å². The number of fused-ring (bicyclic) bond motifs is 3. The van der Waals surface area contributed by atoms with Crippen LogP contribution in [0.15, 0.2) is 72.8 Å². The van der Waals surface area contributed by atoms with Crippen LogP contribution in [0.3, 0.4) is 0 Å². The van der Waals surface area contributed by atoms with E-state index in [1.54, 1.807) is 7.11 Å². The molecule has 116 valence electrons. The molecule has 0 aliphatic rings. The first-order valence-electron chi connectivity index (χ1n) is 7.95. The summed E-state index contributed by atoms with van der Waals surface area (Å²) in [7, 11) is 1.69. The maximum Gasteiger partial charge on any atom is 0.126 e. The molecule has 0 spiro atoms. The van der Waals surface area contributed by atoms with Gasteiger partial charge >= 0.3 is 0 Å². The van der Waals surface area contributed by atoms with Gasteiger partial charge in [0.15, 0.2) is 0 Å². The van der Waals surface area contributed by atoms with E-state index in [4.69, 9.17) is 9.72 Å². The van der Waals surface area contributed by atoms with E-state index in [1.807, 2.05) is 36.4 Å². The van der Waals surface area contributed by atoms with E-state index in [2.05, 4.69) is 48.5 Å². The van der Waals surface area contributed by atoms with E-state index >= 15 is 0 Å². The molecule has 1 aromatic heterocycles. The number of para-hydroxylation sites is 1. The van der Waals surface area contributed by atoms with Crippen LogP contribution in [0.1, 0.15) is 11.3 Å². The molecule has 2 heteroatoms. The predicted molar refractivity (Wildman–Crippen MR) is 101 cm³/mol. The predicted octanol–water partition coefficient (Wildman–Crippen LogP) is 5.57. The highest BCUT2D eigenvalue weighted by Crippen LogP contribution is 2.25. The molecule has 3 aromatic carbocycles. The van der Waals surface area contributed by atoms with Crippen LogP contribution in [-0.4, -0.2) is 12.1 Å². The maximum absolute atomic E-state index is 5.38. The minimum absolute atomic E-state index is 0.862. The quantitative estimate of drug-likeness (QED) is 0.462. The molecule has 0 radical (unpaired) electrons. The molecule has 0 amide bonds. The lowest BCUT2D eigenvalue weighted by atomic mass is 10.0. The van der Waals surface area contributed by atoms with Crippen LogP contribution >= 0.6 is 0 Å². The molecule has 0 unspecified atom stereocenters. The third kappa shape index (κ3) is 2.63. The van der Waals surface area contributed by atoms with Crippen molar-refractivity contribution in [3.63, 3.8) is 0 Å². The normalized spacial score (nSPS) is 11.4. The Hall–Kier alpha value is -3.13. The third-order valence-corrected chi connectivity index (χ3v) is 4.19. The van der Waals surface area contributed by atoms with Crippen molar-refractivity contribution in [3.05, 3.63) is 84.1 Å². The highest BCUT2D eigenvalue weighted by atomic mass is 16.5. The number of ether oxygens (including phenoxy) is 1. The zero-order valence-corrected chi connectivity index (χ0v) is 13.4. The van der Waals surface area contributed by atoms with Crippen LogP contribution < -0.4 is 4.74 Å². The van der Waals surface area contributed by atoms with E-state index < -0.39 is 0 Å². The second-order valence-electron chi connectivity index (χ2n) is 5.66. The summed E-state index contributed by atoms with van der Waals surface area (Å²) in [5.74, 6) is 0.862. The largest absolute Gasteiger partial charge is 0.496 e. The molecule has 0 saturated heterocycles. The Kier molecular flexibility index (Phi) is 3.72. The second-order valence-corrected chi connectivity index (χ2v) is 5.66. The molecule has 0 aliphatic carbocycles. The van der Waals surface area contributed by atoms with E-state index in [0.29, 0.717) is 0 Å². The lowest BCUT2D eigenvalue weighted by Crippen LogP contribution is -1.87. The van der Waals surface area contributed by atoms with Gasteiger partial charge < -0.3 is 4.74 Å². The fourth-order valence-corrected chi connectivity index (χ4v) is 2.97. The van der Waals surface area contributed by atoms with Gasteiger partial charge in [0.2, 0.25) is 0 Å². The Morgan fingerprint density at radius 3 is 2.50 bits per heavy atom. The number of hydrogen-bond donors (Lipinski definition) is 0. The average Bonchev–Trinajstić information content (AvgIpc) is 2.66. The summed E-state index contributed by atoms with van der Waals surface area (Å²) in [6.45, 7) is 0. The Morgan fingerprint density at radius 1 is 0.750 bits per heavy atom. The van der Waals surface area contributed by atoms with Gasteiger partial charge in [-0.15, -0.1) is 0 Å². The molecule has 24 heavy (non-hydrogen) atoms. The first kappa shape index (κ1) is 14.5. The standard InChI is InChI=1S/C22H17NO/c1-24-22-9-5-3-7-17(22)10-12-18-13-14-20-19-8-4-2-6-16(19)11-15-21(20)23-18/h2-15H,1H3/b12-10+. The summed E-state index contributed by atoms with van der Waals surface area (Å²) in [5, 5.41) is 3.66. The van der Waals surface area contributed by atoms with Crippen LogP contribution in [0, 0.1) is 0 Å². The van der Waals surface area contributed by atoms with Crippen molar-refractivity contribution in [1.82, 2.24) is 4.98 Å². The SMILES string of the molecule is COc1ccccc1/C=C/c1ccc2c(ccc3ccccc32)n1. The topological polar surface area (TPSA) is 22.1 Å². The first-order valence-corrected chi connectivity index (χ1v) is 7.95. The Labute approximate surface area is 141 Å². The number of nitrogens with zero attached hydrogens (tertiary/aromatic N) is 1. The summed E-state index contributed by atoms with van der Waals surface area (Å²) in [6, 6.07) is 24.8. The summed E-state index contributed by atoms with van der Waals surface area (Å²) in [6.07, 6.45) is 4.06. The van der Waals surface area contributed by atoms with Gasteiger partial charge in [-0.05, 0) is 41.1 Å². The van der Waals surface area contributed by atoms with Crippen molar-refractivity contribution < 1.29 is 4.74 Å². The summed E-state index contributed by atoms with van der Waals surface area (Å²) in [4.78, 5) is 4.77. The summed E-state index contributed by atoms with van der Waals surface area (Å²) >= 11 is 0. The Morgan fingerprint density at radius 2 is 1.58 bits per heavy atom. The van der Waals surface area contributed by atoms with Crippen LogP contribution in [0.5, 0.6) is 5.75 Å². The highest BCUT2D eigenvalue weighted by Gasteiger charge is 2.02. The smallest absolute Gasteiger partial charge is 0.126 e. The Balaban J connectivity index is 1.75. The van der Waals surface area contributed by atoms with Crippen LogP contribution in [0.4, 0.5) is 0 Å². The molecule has 0 atom stereocenters. The molecule has 4 aromatic rings. The summed E-state index contributed by atoms with van der Waals surface area (Å²) in [5.41, 5.74) is 2.99. The van der Waals surface area contributed by atoms with E-state index in [-0.39, 0.29) is 0 Å². The van der Waals surface area contributed by atoms with Gasteiger partial charge in [0.05, 0.1) is 18.3 Å². The molecule has 0 fully saturated rings. The zero-order chi connectivity index (χ0) is 16.4. The van der Waals surface area contributed by atoms with Gasteiger partial charge in [0.1, 0.15) is 5.75 Å². The highest BCUT2D eigenvalue weighted by molar-refractivity contribution is 6.06. The van der Waals surface area contributed by atoms with Gasteiger partial charge in [-0.3, -0.25) is 0 Å². The molecule has 0 saturated carbocycles. The fraction of sp³-hybridized carbons (Fsp3) is 0.0455. The number of benzene rings is 3. The number of hydrogen-bond acceptors (Lipinski definition) is 2. The molecular weight excluding hydrogens is 294 g/mol. The van der Waals surface area contributed by atoms with Crippen molar-refractivity contribution in [3.8, 4) is 5.75 Å². The fourth-order valence-electron chi connectivity index (χ4n) is 2.97. The van der Waals surface area contributed by atoms with Crippen LogP contribution in [0.25, 0.3) is 33.8 Å². The van der Waals surface area contributed by atoms with Crippen LogP contribution in [-0.2, 0) is 0 Å². The van der Waals surface area contributed by atoms with Crippen molar-refractivity contribution >= 4 is 33.8 Å². The number of pyridine rings is 1. The molecule has 2 nitrogen and oxygen atoms in total. The van der Waals surface area contributed by atoms with Crippen molar-refractivity contribution in [2.75, 3.05) is 7.11 Å². The lowest BCUT2D eigenvalue weighted by molar-refractivity contribution is 0.414. The number of aromatic nitrogens is 1. The molecule has 0 bridgehead atoms. The minimum Gasteiger partial charge on any atom is -0.496 e. The Bertz CT molecular complexity index is 1050. The number of rotatable bonds is 3. The lowest BCUT2D eigenvalue weighted by Gasteiger charge is -2.05. The van der Waals surface area contributed by atoms with Crippen LogP contribution in [0.2, 0.25) is 0 Å². The molecule has 4 rings (SSSR count). The maximum atomic E-state index is 5.38. The molecule has 0 aliphatic heterocycles.